The minimum Gasteiger partial charge on any atom is -0.497 e. The maximum absolute atomic E-state index is 14.0. The van der Waals surface area contributed by atoms with Crippen molar-refractivity contribution in [3.63, 3.8) is 0 Å². The van der Waals surface area contributed by atoms with Crippen LogP contribution in [0.4, 0.5) is 4.39 Å². The molecule has 2 aromatic carbocycles. The van der Waals surface area contributed by atoms with Gasteiger partial charge in [-0.3, -0.25) is 9.69 Å². The summed E-state index contributed by atoms with van der Waals surface area (Å²) in [4.78, 5) is 18.2. The Bertz CT molecular complexity index is 1100. The molecule has 5 nitrogen and oxygen atoms in total. The fourth-order valence-electron chi connectivity index (χ4n) is 3.75. The van der Waals surface area contributed by atoms with Crippen molar-refractivity contribution in [2.24, 2.45) is 0 Å². The number of rotatable bonds is 5. The van der Waals surface area contributed by atoms with Gasteiger partial charge in [-0.2, -0.15) is 5.26 Å². The van der Waals surface area contributed by atoms with Gasteiger partial charge in [0.1, 0.15) is 17.6 Å². The lowest BCUT2D eigenvalue weighted by atomic mass is 10.1. The fourth-order valence-corrected chi connectivity index (χ4v) is 4.75. The average Bonchev–Trinajstić information content (AvgIpc) is 3.30. The summed E-state index contributed by atoms with van der Waals surface area (Å²) >= 11 is 1.30. The lowest BCUT2D eigenvalue weighted by Gasteiger charge is -2.36. The van der Waals surface area contributed by atoms with Gasteiger partial charge in [0.2, 0.25) is 0 Å². The SMILES string of the molecule is COc1ccc(C(C#N)N2CCN(C(=O)c3ccc(-c4ccccc4F)s3)CC2)cc1. The summed E-state index contributed by atoms with van der Waals surface area (Å²) in [6, 6.07) is 19.6. The molecule has 1 amide bonds. The van der Waals surface area contributed by atoms with Crippen LogP contribution in [0.5, 0.6) is 5.75 Å². The van der Waals surface area contributed by atoms with E-state index in [2.05, 4.69) is 11.0 Å². The third-order valence-electron chi connectivity index (χ3n) is 5.48. The van der Waals surface area contributed by atoms with Crippen LogP contribution in [0.25, 0.3) is 10.4 Å². The van der Waals surface area contributed by atoms with Crippen molar-refractivity contribution in [3.8, 4) is 22.3 Å². The molecule has 1 aromatic heterocycles. The van der Waals surface area contributed by atoms with E-state index in [1.807, 2.05) is 24.3 Å². The number of carbonyl (C=O) groups is 1. The molecule has 158 valence electrons. The monoisotopic (exact) mass is 435 g/mol. The van der Waals surface area contributed by atoms with Crippen LogP contribution in [0.1, 0.15) is 21.3 Å². The predicted octanol–water partition coefficient (Wildman–Crippen LogP) is 4.59. The molecule has 7 heteroatoms. The molecule has 31 heavy (non-hydrogen) atoms. The number of hydrogen-bond acceptors (Lipinski definition) is 5. The molecule has 0 bridgehead atoms. The summed E-state index contributed by atoms with van der Waals surface area (Å²) in [6.07, 6.45) is 0. The van der Waals surface area contributed by atoms with Crippen molar-refractivity contribution < 1.29 is 13.9 Å². The number of ether oxygens (including phenoxy) is 1. The summed E-state index contributed by atoms with van der Waals surface area (Å²) in [5.74, 6) is 0.407. The van der Waals surface area contributed by atoms with Gasteiger partial charge in [-0.05, 0) is 35.9 Å². The van der Waals surface area contributed by atoms with Crippen LogP contribution in [-0.2, 0) is 0 Å². The first-order valence-corrected chi connectivity index (χ1v) is 10.8. The summed E-state index contributed by atoms with van der Waals surface area (Å²) in [5, 5.41) is 9.71. The summed E-state index contributed by atoms with van der Waals surface area (Å²) in [6.45, 7) is 2.31. The molecule has 1 fully saturated rings. The zero-order valence-corrected chi connectivity index (χ0v) is 17.9. The number of nitrogens with zero attached hydrogens (tertiary/aromatic N) is 3. The van der Waals surface area contributed by atoms with Crippen LogP contribution in [0.2, 0.25) is 0 Å². The molecule has 1 unspecified atom stereocenters. The van der Waals surface area contributed by atoms with Gasteiger partial charge in [-0.15, -0.1) is 11.3 Å². The Morgan fingerprint density at radius 3 is 2.42 bits per heavy atom. The molecule has 4 rings (SSSR count). The molecular weight excluding hydrogens is 413 g/mol. The Kier molecular flexibility index (Phi) is 6.31. The van der Waals surface area contributed by atoms with Crippen molar-refractivity contribution in [1.29, 1.82) is 5.26 Å². The quantitative estimate of drug-likeness (QED) is 0.588. The van der Waals surface area contributed by atoms with E-state index in [9.17, 15) is 14.4 Å². The van der Waals surface area contributed by atoms with E-state index in [4.69, 9.17) is 4.74 Å². The molecule has 0 N–H and O–H groups in total. The number of halogens is 1. The lowest BCUT2D eigenvalue weighted by molar-refractivity contribution is 0.0611. The fraction of sp³-hybridized carbons (Fsp3) is 0.250. The predicted molar refractivity (Wildman–Crippen MR) is 119 cm³/mol. The highest BCUT2D eigenvalue weighted by molar-refractivity contribution is 7.17. The maximum atomic E-state index is 14.0. The van der Waals surface area contributed by atoms with Crippen molar-refractivity contribution in [2.75, 3.05) is 33.3 Å². The highest BCUT2D eigenvalue weighted by atomic mass is 32.1. The molecule has 1 aliphatic heterocycles. The molecule has 2 heterocycles. The van der Waals surface area contributed by atoms with Crippen LogP contribution in [0, 0.1) is 17.1 Å². The number of amides is 1. The number of carbonyl (C=O) groups excluding carboxylic acids is 1. The molecule has 0 aliphatic carbocycles. The second-order valence-electron chi connectivity index (χ2n) is 7.28. The Balaban J connectivity index is 1.41. The third-order valence-corrected chi connectivity index (χ3v) is 6.58. The highest BCUT2D eigenvalue weighted by Crippen LogP contribution is 2.31. The molecule has 1 saturated heterocycles. The number of hydrogen-bond donors (Lipinski definition) is 0. The van der Waals surface area contributed by atoms with Gasteiger partial charge in [0.05, 0.1) is 18.1 Å². The highest BCUT2D eigenvalue weighted by Gasteiger charge is 2.28. The van der Waals surface area contributed by atoms with Gasteiger partial charge in [0.25, 0.3) is 5.91 Å². The first-order chi connectivity index (χ1) is 15.1. The number of piperazine rings is 1. The molecule has 1 atom stereocenters. The second kappa shape index (κ2) is 9.29. The van der Waals surface area contributed by atoms with Crippen molar-refractivity contribution in [2.45, 2.75) is 6.04 Å². The minimum atomic E-state index is -0.363. The Morgan fingerprint density at radius 1 is 1.06 bits per heavy atom. The van der Waals surface area contributed by atoms with E-state index in [0.717, 1.165) is 16.2 Å². The standard InChI is InChI=1S/C24H22FN3O2S/c1-30-18-8-6-17(7-9-18)21(16-26)27-12-14-28(15-13-27)24(29)23-11-10-22(31-23)19-4-2-3-5-20(19)25/h2-11,21H,12-15H2,1H3. The topological polar surface area (TPSA) is 56.6 Å². The summed E-state index contributed by atoms with van der Waals surface area (Å²) in [5.41, 5.74) is 1.42. The average molecular weight is 436 g/mol. The number of thiophene rings is 1. The Hall–Kier alpha value is -3.21. The van der Waals surface area contributed by atoms with Gasteiger partial charge in [0, 0.05) is 36.6 Å². The van der Waals surface area contributed by atoms with Crippen LogP contribution >= 0.6 is 11.3 Å². The van der Waals surface area contributed by atoms with E-state index >= 15 is 0 Å². The first kappa shape index (κ1) is 21.0. The minimum absolute atomic E-state index is 0.0507. The first-order valence-electron chi connectivity index (χ1n) is 10.0. The van der Waals surface area contributed by atoms with E-state index in [-0.39, 0.29) is 17.8 Å². The van der Waals surface area contributed by atoms with E-state index in [1.54, 1.807) is 42.3 Å². The van der Waals surface area contributed by atoms with Crippen LogP contribution in [0.15, 0.2) is 60.7 Å². The van der Waals surface area contributed by atoms with Crippen LogP contribution < -0.4 is 4.74 Å². The molecule has 0 radical (unpaired) electrons. The van der Waals surface area contributed by atoms with Crippen LogP contribution in [0.3, 0.4) is 0 Å². The second-order valence-corrected chi connectivity index (χ2v) is 8.36. The number of methoxy groups -OCH3 is 1. The molecule has 0 saturated carbocycles. The third kappa shape index (κ3) is 4.46. The largest absolute Gasteiger partial charge is 0.497 e. The van der Waals surface area contributed by atoms with Crippen molar-refractivity contribution in [1.82, 2.24) is 9.80 Å². The molecular formula is C24H22FN3O2S. The number of nitriles is 1. The summed E-state index contributed by atoms with van der Waals surface area (Å²) in [7, 11) is 1.61. The zero-order valence-electron chi connectivity index (χ0n) is 17.1. The van der Waals surface area contributed by atoms with Gasteiger partial charge in [-0.1, -0.05) is 30.3 Å². The maximum Gasteiger partial charge on any atom is 0.264 e. The zero-order chi connectivity index (χ0) is 21.8. The van der Waals surface area contributed by atoms with Gasteiger partial charge in [0.15, 0.2) is 0 Å². The molecule has 3 aromatic rings. The Labute approximate surface area is 184 Å². The summed E-state index contributed by atoms with van der Waals surface area (Å²) < 4.78 is 19.2. The van der Waals surface area contributed by atoms with E-state index < -0.39 is 0 Å². The van der Waals surface area contributed by atoms with Crippen molar-refractivity contribution in [3.05, 3.63) is 76.9 Å². The normalized spacial score (nSPS) is 15.3. The smallest absolute Gasteiger partial charge is 0.264 e. The van der Waals surface area contributed by atoms with E-state index in [1.165, 1.54) is 17.4 Å². The number of benzene rings is 2. The Morgan fingerprint density at radius 2 is 1.77 bits per heavy atom. The van der Waals surface area contributed by atoms with E-state index in [0.29, 0.717) is 36.6 Å². The molecule has 1 aliphatic rings. The lowest BCUT2D eigenvalue weighted by Crippen LogP contribution is -2.49. The van der Waals surface area contributed by atoms with Crippen LogP contribution in [-0.4, -0.2) is 49.0 Å². The van der Waals surface area contributed by atoms with Gasteiger partial charge in [-0.25, -0.2) is 4.39 Å². The molecule has 0 spiro atoms. The van der Waals surface area contributed by atoms with Crippen molar-refractivity contribution >= 4 is 17.2 Å². The van der Waals surface area contributed by atoms with Gasteiger partial charge >= 0.3 is 0 Å². The van der Waals surface area contributed by atoms with Gasteiger partial charge < -0.3 is 9.64 Å².